The molecule has 5 rings (SSSR count). The van der Waals surface area contributed by atoms with Crippen LogP contribution in [0.15, 0.2) is 88.8 Å². The van der Waals surface area contributed by atoms with Crippen molar-refractivity contribution in [3.8, 4) is 11.5 Å². The maximum absolute atomic E-state index is 13.9. The Balaban J connectivity index is 1.88. The zero-order chi connectivity index (χ0) is 27.7. The normalized spacial score (nSPS) is 20.2. The zero-order valence-electron chi connectivity index (χ0n) is 23.8. The molecule has 0 unspecified atom stereocenters. The molecule has 2 nitrogen and oxygen atoms in total. The summed E-state index contributed by atoms with van der Waals surface area (Å²) in [7, 11) is -2.03. The molecule has 3 aliphatic rings. The molecule has 0 radical (unpaired) electrons. The summed E-state index contributed by atoms with van der Waals surface area (Å²) < 4.78 is 44.9. The Kier molecular flexibility index (Phi) is 6.71. The molecule has 6 heteroatoms. The van der Waals surface area contributed by atoms with Gasteiger partial charge in [0.25, 0.3) is 0 Å². The van der Waals surface area contributed by atoms with Crippen molar-refractivity contribution in [3.05, 3.63) is 100 Å². The molecular formula is C32H38F2O2SiZr. The zero-order valence-corrected chi connectivity index (χ0v) is 27.2. The summed E-state index contributed by atoms with van der Waals surface area (Å²) in [6.45, 7) is 18.7. The predicted octanol–water partition coefficient (Wildman–Crippen LogP) is 9.47. The van der Waals surface area contributed by atoms with Crippen LogP contribution in [0.3, 0.4) is 0 Å². The van der Waals surface area contributed by atoms with Crippen molar-refractivity contribution in [2.24, 2.45) is 10.8 Å². The molecular weight excluding hydrogens is 574 g/mol. The topological polar surface area (TPSA) is 18.5 Å². The summed E-state index contributed by atoms with van der Waals surface area (Å²) in [6, 6.07) is 12.6. The van der Waals surface area contributed by atoms with E-state index < -0.39 is 29.2 Å². The third kappa shape index (κ3) is 4.56. The molecule has 1 heterocycles. The van der Waals surface area contributed by atoms with E-state index in [1.165, 1.54) is 52.4 Å². The van der Waals surface area contributed by atoms with Gasteiger partial charge in [-0.05, 0) is 0 Å². The van der Waals surface area contributed by atoms with Crippen molar-refractivity contribution >= 4 is 8.07 Å². The van der Waals surface area contributed by atoms with Crippen molar-refractivity contribution in [2.45, 2.75) is 67.5 Å². The SMILES string of the molecule is CC(C)(C)C1=[C]2CC=C1[Si](C)(C)C1=CC[C](=C1C(C)(C)C)[Zr]2([O]c1ccc(F)cc1)[O]c1ccc(F)cc1. The van der Waals surface area contributed by atoms with E-state index in [1.807, 2.05) is 0 Å². The van der Waals surface area contributed by atoms with Crippen LogP contribution in [0, 0.1) is 22.5 Å². The third-order valence-electron chi connectivity index (χ3n) is 7.95. The molecule has 38 heavy (non-hydrogen) atoms. The van der Waals surface area contributed by atoms with Crippen molar-refractivity contribution in [2.75, 3.05) is 0 Å². The quantitative estimate of drug-likeness (QED) is 0.321. The van der Waals surface area contributed by atoms with Gasteiger partial charge in [-0.3, -0.25) is 0 Å². The van der Waals surface area contributed by atoms with E-state index in [-0.39, 0.29) is 22.5 Å². The molecule has 0 atom stereocenters. The van der Waals surface area contributed by atoms with Gasteiger partial charge in [-0.1, -0.05) is 0 Å². The van der Waals surface area contributed by atoms with Gasteiger partial charge in [0.2, 0.25) is 0 Å². The molecule has 0 saturated carbocycles. The van der Waals surface area contributed by atoms with E-state index in [0.717, 1.165) is 12.8 Å². The number of rotatable bonds is 4. The Morgan fingerprint density at radius 1 is 0.632 bits per heavy atom. The van der Waals surface area contributed by atoms with Crippen LogP contribution in [0.2, 0.25) is 13.1 Å². The van der Waals surface area contributed by atoms with Crippen LogP contribution >= 0.6 is 0 Å². The van der Waals surface area contributed by atoms with Gasteiger partial charge in [0, 0.05) is 0 Å². The first-order chi connectivity index (χ1) is 17.6. The standard InChI is InChI=1S/C20H30Si.2C6H5FO.Zr/c1-19(2,3)15-11-9-13-17(15)21(7,8)18-14-10-12-16(18)20(4,5)6;2*7-5-1-3-6(8)4-2-5;/h13-14H,9-10H2,1-8H3;2*1-4,8H;/q;;;+2/p-2. The Hall–Kier alpha value is -2.04. The number of halogens is 2. The molecule has 0 aromatic heterocycles. The summed E-state index contributed by atoms with van der Waals surface area (Å²) in [5.74, 6) is 0.630. The van der Waals surface area contributed by atoms with Crippen LogP contribution in [0.25, 0.3) is 0 Å². The molecule has 4 bridgehead atoms. The molecule has 0 spiro atoms. The van der Waals surface area contributed by atoms with E-state index in [4.69, 9.17) is 5.63 Å². The second-order valence-electron chi connectivity index (χ2n) is 13.2. The summed E-state index contributed by atoms with van der Waals surface area (Å²) in [4.78, 5) is 0. The van der Waals surface area contributed by atoms with Crippen LogP contribution < -0.4 is 5.63 Å². The number of fused-ring (bicyclic) bond motifs is 2. The van der Waals surface area contributed by atoms with Gasteiger partial charge in [0.05, 0.1) is 0 Å². The fraction of sp³-hybridized carbons (Fsp3) is 0.375. The fourth-order valence-corrected chi connectivity index (χ4v) is 21.4. The van der Waals surface area contributed by atoms with Gasteiger partial charge in [-0.25, -0.2) is 0 Å². The van der Waals surface area contributed by atoms with E-state index in [0.29, 0.717) is 11.5 Å². The minimum atomic E-state index is -4.54. The molecule has 0 fully saturated rings. The number of hydrogen-bond acceptors (Lipinski definition) is 2. The molecule has 0 saturated heterocycles. The first kappa shape index (κ1) is 27.5. The maximum atomic E-state index is 13.9. The molecule has 0 N–H and O–H groups in total. The summed E-state index contributed by atoms with van der Waals surface area (Å²) >= 11 is -4.54. The van der Waals surface area contributed by atoms with Crippen LogP contribution in [0.5, 0.6) is 11.5 Å². The monoisotopic (exact) mass is 610 g/mol. The van der Waals surface area contributed by atoms with E-state index in [1.54, 1.807) is 24.3 Å². The Labute approximate surface area is 232 Å². The number of allylic oxidation sites excluding steroid dienone is 8. The van der Waals surface area contributed by atoms with Gasteiger partial charge < -0.3 is 0 Å². The molecule has 1 aliphatic heterocycles. The van der Waals surface area contributed by atoms with Crippen LogP contribution in [0.4, 0.5) is 8.78 Å². The Morgan fingerprint density at radius 2 is 0.974 bits per heavy atom. The van der Waals surface area contributed by atoms with Gasteiger partial charge in [0.1, 0.15) is 0 Å². The van der Waals surface area contributed by atoms with Crippen LogP contribution in [-0.4, -0.2) is 8.07 Å². The van der Waals surface area contributed by atoms with E-state index in [2.05, 4.69) is 66.8 Å². The molecule has 200 valence electrons. The van der Waals surface area contributed by atoms with Gasteiger partial charge in [0.15, 0.2) is 0 Å². The van der Waals surface area contributed by atoms with Gasteiger partial charge in [-0.2, -0.15) is 0 Å². The summed E-state index contributed by atoms with van der Waals surface area (Å²) in [5, 5.41) is 2.97. The third-order valence-corrected chi connectivity index (χ3v) is 20.3. The second kappa shape index (κ2) is 9.27. The van der Waals surface area contributed by atoms with Crippen LogP contribution in [-0.2, 0) is 21.1 Å². The number of benzene rings is 2. The Morgan fingerprint density at radius 3 is 1.29 bits per heavy atom. The molecule has 2 aromatic carbocycles. The predicted molar refractivity (Wildman–Crippen MR) is 150 cm³/mol. The van der Waals surface area contributed by atoms with Crippen molar-refractivity contribution in [3.63, 3.8) is 0 Å². The molecule has 2 aromatic rings. The van der Waals surface area contributed by atoms with E-state index in [9.17, 15) is 8.78 Å². The summed E-state index contributed by atoms with van der Waals surface area (Å²) in [5.41, 5.74) is 2.55. The second-order valence-corrected chi connectivity index (χ2v) is 24.5. The molecule has 2 aliphatic carbocycles. The van der Waals surface area contributed by atoms with Crippen molar-refractivity contribution in [1.29, 1.82) is 0 Å². The van der Waals surface area contributed by atoms with Crippen molar-refractivity contribution in [1.82, 2.24) is 0 Å². The Bertz CT molecular complexity index is 1290. The van der Waals surface area contributed by atoms with Gasteiger partial charge >= 0.3 is 234 Å². The van der Waals surface area contributed by atoms with Gasteiger partial charge in [-0.15, -0.1) is 0 Å². The number of hydrogen-bond donors (Lipinski definition) is 0. The molecule has 0 amide bonds. The van der Waals surface area contributed by atoms with Crippen molar-refractivity contribution < 1.29 is 35.6 Å². The van der Waals surface area contributed by atoms with E-state index >= 15 is 0 Å². The first-order valence-electron chi connectivity index (χ1n) is 13.4. The minimum absolute atomic E-state index is 0.109. The fourth-order valence-electron chi connectivity index (χ4n) is 6.52. The van der Waals surface area contributed by atoms with Crippen LogP contribution in [0.1, 0.15) is 54.4 Å². The summed E-state index contributed by atoms with van der Waals surface area (Å²) in [6.07, 6.45) is 6.48. The average molecular weight is 612 g/mol. The average Bonchev–Trinajstić information content (AvgIpc) is 3.48. The first-order valence-corrected chi connectivity index (χ1v) is 20.9.